The van der Waals surface area contributed by atoms with E-state index in [9.17, 15) is 39.3 Å². The number of hydrogen-bond acceptors (Lipinski definition) is 17. The molecular formula is C54H64O17. The summed E-state index contributed by atoms with van der Waals surface area (Å²) in [4.78, 5) is 82.6. The summed E-state index contributed by atoms with van der Waals surface area (Å²) in [5.41, 5.74) is -6.03. The third-order valence-electron chi connectivity index (χ3n) is 15.0. The molecule has 2 saturated carbocycles. The molecule has 1 unspecified atom stereocenters. The van der Waals surface area contributed by atoms with Gasteiger partial charge in [0.2, 0.25) is 6.10 Å². The first kappa shape index (κ1) is 53.0. The van der Waals surface area contributed by atoms with Crippen LogP contribution in [0, 0.1) is 16.7 Å². The predicted molar refractivity (Wildman–Crippen MR) is 251 cm³/mol. The van der Waals surface area contributed by atoms with Crippen molar-refractivity contribution >= 4 is 35.6 Å². The molecule has 17 heteroatoms. The Morgan fingerprint density at radius 1 is 0.831 bits per heavy atom. The van der Waals surface area contributed by atoms with Crippen molar-refractivity contribution in [2.24, 2.45) is 16.7 Å². The van der Waals surface area contributed by atoms with E-state index in [1.807, 2.05) is 30.3 Å². The number of Topliss-reactive ketones (excluding diaryl/α,β-unsaturated/α-hetero) is 1. The first-order chi connectivity index (χ1) is 33.8. The number of carbonyl (C=O) groups is 6. The minimum Gasteiger partial charge on any atom is -0.461 e. The van der Waals surface area contributed by atoms with E-state index in [2.05, 4.69) is 0 Å². The third-order valence-corrected chi connectivity index (χ3v) is 15.0. The second-order valence-corrected chi connectivity index (χ2v) is 19.6. The molecule has 2 bridgehead atoms. The highest BCUT2D eigenvalue weighted by atomic mass is 16.6. The van der Waals surface area contributed by atoms with Crippen molar-refractivity contribution in [1.29, 1.82) is 0 Å². The summed E-state index contributed by atoms with van der Waals surface area (Å²) in [5.74, 6) is -7.21. The standard InChI is InChI=1S/C54H64O17/c1-32(36-19-12-8-13-20-36)45(69-42(58)30-65-26-25-64-24-16-23-41(57)66-29-35-17-10-7-11-18-35)50(62)68-38-28-54(63)48(70-49(61)37-21-14-9-15-22-37)46-52(6,47(60)44(59)43(33(38)2)51(54,4)5)39(56)27-40-53(46,31-67-40)71-34(3)55/h7-15,17-22,32,38-40,44-46,48,56,59,63H,16,23-31H2,1-6H3/t32-,38-,39-,40+,44+,45+,46-,48?,52+,53-,54+/m0/s1. The Hall–Kier alpha value is -5.82. The molecule has 3 aromatic rings. The molecule has 3 N–H and O–H groups in total. The van der Waals surface area contributed by atoms with Crippen molar-refractivity contribution in [3.8, 4) is 0 Å². The molecule has 0 aromatic heterocycles. The van der Waals surface area contributed by atoms with Crippen LogP contribution < -0.4 is 0 Å². The maximum absolute atomic E-state index is 15.1. The topological polar surface area (TPSA) is 237 Å². The lowest BCUT2D eigenvalue weighted by Crippen LogP contribution is -2.81. The molecule has 1 saturated heterocycles. The lowest BCUT2D eigenvalue weighted by Gasteiger charge is -2.67. The van der Waals surface area contributed by atoms with Crippen molar-refractivity contribution in [1.82, 2.24) is 0 Å². The zero-order chi connectivity index (χ0) is 51.3. The molecule has 17 nitrogen and oxygen atoms in total. The van der Waals surface area contributed by atoms with E-state index in [4.69, 9.17) is 37.9 Å². The molecule has 0 spiro atoms. The molecule has 0 amide bonds. The van der Waals surface area contributed by atoms with Crippen LogP contribution in [0.2, 0.25) is 0 Å². The van der Waals surface area contributed by atoms with Gasteiger partial charge in [-0.25, -0.2) is 14.4 Å². The highest BCUT2D eigenvalue weighted by molar-refractivity contribution is 5.94. The fraction of sp³-hybridized carbons (Fsp3) is 0.519. The normalized spacial score (nSPS) is 29.3. The molecule has 3 aromatic carbocycles. The van der Waals surface area contributed by atoms with Crippen LogP contribution in [0.4, 0.5) is 0 Å². The Balaban J connectivity index is 1.12. The van der Waals surface area contributed by atoms with Gasteiger partial charge in [-0.15, -0.1) is 0 Å². The molecule has 3 fully saturated rings. The number of rotatable bonds is 19. The smallest absolute Gasteiger partial charge is 0.348 e. The summed E-state index contributed by atoms with van der Waals surface area (Å²) in [6.45, 7) is 8.54. The maximum Gasteiger partial charge on any atom is 0.348 e. The fourth-order valence-corrected chi connectivity index (χ4v) is 10.9. The zero-order valence-electron chi connectivity index (χ0n) is 40.9. The Kier molecular flexibility index (Phi) is 16.3. The first-order valence-electron chi connectivity index (χ1n) is 24.0. The summed E-state index contributed by atoms with van der Waals surface area (Å²) >= 11 is 0. The SMILES string of the molecule is CC(=O)O[C@@]12CO[C@@H]1C[C@H](O)[C@@]1(C)C(=O)[C@H](O)C3=C(C)[C@@H](OC(=O)[C@H](OC(=O)COCCOCCCC(=O)OCc4ccccc4)[C@@H](C)c4ccccc4)C[C@@](O)(C(OC(=O)c4ccccc4)[C@H]21)C3(C)C. The largest absolute Gasteiger partial charge is 0.461 e. The summed E-state index contributed by atoms with van der Waals surface area (Å²) in [5, 5.41) is 37.9. The lowest BCUT2D eigenvalue weighted by atomic mass is 9.44. The van der Waals surface area contributed by atoms with E-state index in [0.717, 1.165) is 12.5 Å². The van der Waals surface area contributed by atoms with Gasteiger partial charge in [-0.05, 0) is 54.7 Å². The molecule has 11 atom stereocenters. The monoisotopic (exact) mass is 984 g/mol. The number of hydrogen-bond donors (Lipinski definition) is 3. The predicted octanol–water partition coefficient (Wildman–Crippen LogP) is 4.91. The molecule has 3 aliphatic carbocycles. The zero-order valence-corrected chi connectivity index (χ0v) is 40.9. The van der Waals surface area contributed by atoms with Crippen LogP contribution >= 0.6 is 0 Å². The van der Waals surface area contributed by atoms with Gasteiger partial charge in [0, 0.05) is 44.1 Å². The van der Waals surface area contributed by atoms with Gasteiger partial charge in [0.1, 0.15) is 43.2 Å². The molecule has 4 aliphatic rings. The Morgan fingerprint density at radius 2 is 1.46 bits per heavy atom. The van der Waals surface area contributed by atoms with Crippen LogP contribution in [-0.4, -0.2) is 132 Å². The minimum atomic E-state index is -2.35. The number of ether oxygens (including phenoxy) is 8. The van der Waals surface area contributed by atoms with Gasteiger partial charge in [0.25, 0.3) is 0 Å². The second kappa shape index (κ2) is 21.9. The van der Waals surface area contributed by atoms with Crippen LogP contribution in [-0.2, 0) is 68.5 Å². The van der Waals surface area contributed by atoms with Crippen LogP contribution in [0.1, 0.15) is 94.6 Å². The number of esters is 5. The van der Waals surface area contributed by atoms with Gasteiger partial charge in [-0.2, -0.15) is 0 Å². The van der Waals surface area contributed by atoms with Crippen molar-refractivity contribution in [3.05, 3.63) is 119 Å². The molecule has 0 radical (unpaired) electrons. The molecule has 7 rings (SSSR count). The Morgan fingerprint density at radius 3 is 2.10 bits per heavy atom. The summed E-state index contributed by atoms with van der Waals surface area (Å²) in [6, 6.07) is 26.0. The van der Waals surface area contributed by atoms with E-state index < -0.39 is 113 Å². The van der Waals surface area contributed by atoms with Gasteiger partial charge < -0.3 is 53.2 Å². The van der Waals surface area contributed by atoms with Crippen molar-refractivity contribution < 1.29 is 82.0 Å². The molecular weight excluding hydrogens is 921 g/mol. The number of carbonyl (C=O) groups excluding carboxylic acids is 6. The number of fused-ring (bicyclic) bond motifs is 5. The first-order valence-corrected chi connectivity index (χ1v) is 24.0. The van der Waals surface area contributed by atoms with Crippen LogP contribution in [0.5, 0.6) is 0 Å². The molecule has 1 heterocycles. The van der Waals surface area contributed by atoms with Crippen LogP contribution in [0.15, 0.2) is 102 Å². The minimum absolute atomic E-state index is 0.0140. The van der Waals surface area contributed by atoms with Gasteiger partial charge in [-0.1, -0.05) is 99.6 Å². The molecule has 382 valence electrons. The van der Waals surface area contributed by atoms with Crippen molar-refractivity contribution in [2.45, 2.75) is 128 Å². The molecule has 71 heavy (non-hydrogen) atoms. The van der Waals surface area contributed by atoms with E-state index in [-0.39, 0.29) is 68.6 Å². The quantitative estimate of drug-likeness (QED) is 0.0627. The number of ketones is 1. The highest BCUT2D eigenvalue weighted by Crippen LogP contribution is 2.64. The van der Waals surface area contributed by atoms with E-state index in [1.54, 1.807) is 76.2 Å². The summed E-state index contributed by atoms with van der Waals surface area (Å²) < 4.78 is 46.7. The average Bonchev–Trinajstić information content (AvgIpc) is 3.35. The van der Waals surface area contributed by atoms with Crippen molar-refractivity contribution in [3.63, 3.8) is 0 Å². The highest BCUT2D eigenvalue weighted by Gasteiger charge is 2.78. The van der Waals surface area contributed by atoms with Gasteiger partial charge in [0.05, 0.1) is 42.8 Å². The van der Waals surface area contributed by atoms with Crippen LogP contribution in [0.3, 0.4) is 0 Å². The van der Waals surface area contributed by atoms with Crippen LogP contribution in [0.25, 0.3) is 0 Å². The van der Waals surface area contributed by atoms with E-state index in [1.165, 1.54) is 19.1 Å². The van der Waals surface area contributed by atoms with E-state index in [0.29, 0.717) is 12.0 Å². The third kappa shape index (κ3) is 10.6. The van der Waals surface area contributed by atoms with Gasteiger partial charge in [-0.3, -0.25) is 14.4 Å². The molecule has 1 aliphatic heterocycles. The van der Waals surface area contributed by atoms with Crippen molar-refractivity contribution in [2.75, 3.05) is 33.0 Å². The van der Waals surface area contributed by atoms with Gasteiger partial charge in [0.15, 0.2) is 11.4 Å². The van der Waals surface area contributed by atoms with E-state index >= 15 is 4.79 Å². The number of benzene rings is 3. The Labute approximate surface area is 412 Å². The number of aliphatic hydroxyl groups is 3. The fourth-order valence-electron chi connectivity index (χ4n) is 10.9. The second-order valence-electron chi connectivity index (χ2n) is 19.6. The number of aliphatic hydroxyl groups excluding tert-OH is 2. The maximum atomic E-state index is 15.1. The summed E-state index contributed by atoms with van der Waals surface area (Å²) in [6.07, 6.45) is -9.50. The summed E-state index contributed by atoms with van der Waals surface area (Å²) in [7, 11) is 0. The average molecular weight is 985 g/mol. The Bertz CT molecular complexity index is 2440. The lowest BCUT2D eigenvalue weighted by molar-refractivity contribution is -0.346. The van der Waals surface area contributed by atoms with Gasteiger partial charge >= 0.3 is 29.8 Å².